The lowest BCUT2D eigenvalue weighted by molar-refractivity contribution is -0.143. The average Bonchev–Trinajstić information content (AvgIpc) is 2.26. The van der Waals surface area contributed by atoms with Gasteiger partial charge in [-0.1, -0.05) is 18.2 Å². The number of likely N-dealkylation sites (tertiary alicyclic amines) is 1. The van der Waals surface area contributed by atoms with Gasteiger partial charge in [0.25, 0.3) is 0 Å². The highest BCUT2D eigenvalue weighted by Crippen LogP contribution is 2.16. The number of hydrogen-bond acceptors (Lipinski definition) is 2. The summed E-state index contributed by atoms with van der Waals surface area (Å²) in [5.74, 6) is -1.31. The predicted octanol–water partition coefficient (Wildman–Crippen LogP) is 1.25. The Morgan fingerprint density at radius 3 is 2.81 bits per heavy atom. The maximum atomic E-state index is 11.6. The third-order valence-electron chi connectivity index (χ3n) is 2.49. The quantitative estimate of drug-likeness (QED) is 0.787. The molecule has 1 fully saturated rings. The molecule has 1 rings (SSSR count). The minimum absolute atomic E-state index is 0.203. The van der Waals surface area contributed by atoms with Crippen molar-refractivity contribution in [3.05, 3.63) is 11.6 Å². The van der Waals surface area contributed by atoms with Crippen molar-refractivity contribution in [2.75, 3.05) is 19.6 Å². The molecule has 2 N–H and O–H groups in total. The van der Waals surface area contributed by atoms with Gasteiger partial charge in [0.1, 0.15) is 0 Å². The molecule has 5 nitrogen and oxygen atoms in total. The number of nitrogens with one attached hydrogen (secondary N) is 1. The molecular weight excluding hydrogens is 232 g/mol. The number of rotatable bonds is 3. The van der Waals surface area contributed by atoms with Gasteiger partial charge in [0.2, 0.25) is 0 Å². The number of urea groups is 1. The maximum Gasteiger partial charge on any atom is 0.317 e. The molecule has 0 saturated carbocycles. The van der Waals surface area contributed by atoms with Crippen LogP contribution in [-0.2, 0) is 4.79 Å². The molecule has 0 aromatic heterocycles. The lowest BCUT2D eigenvalue weighted by atomic mass is 9.99. The minimum Gasteiger partial charge on any atom is -0.481 e. The van der Waals surface area contributed by atoms with E-state index in [1.807, 2.05) is 0 Å². The molecule has 0 aromatic rings. The van der Waals surface area contributed by atoms with Crippen LogP contribution < -0.4 is 5.32 Å². The van der Waals surface area contributed by atoms with Gasteiger partial charge in [0, 0.05) is 18.1 Å². The van der Waals surface area contributed by atoms with Gasteiger partial charge in [-0.3, -0.25) is 4.79 Å². The van der Waals surface area contributed by atoms with E-state index >= 15 is 0 Å². The largest absolute Gasteiger partial charge is 0.481 e. The lowest BCUT2D eigenvalue weighted by Crippen LogP contribution is -2.47. The lowest BCUT2D eigenvalue weighted by Gasteiger charge is -2.30. The van der Waals surface area contributed by atoms with Crippen LogP contribution in [0.25, 0.3) is 0 Å². The van der Waals surface area contributed by atoms with E-state index in [1.54, 1.807) is 0 Å². The first-order valence-electron chi connectivity index (χ1n) is 5.09. The second kappa shape index (κ2) is 5.75. The van der Waals surface area contributed by atoms with Crippen LogP contribution in [0.3, 0.4) is 0 Å². The summed E-state index contributed by atoms with van der Waals surface area (Å²) in [5, 5.41) is 11.8. The van der Waals surface area contributed by atoms with E-state index in [-0.39, 0.29) is 19.1 Å². The van der Waals surface area contributed by atoms with Gasteiger partial charge >= 0.3 is 12.0 Å². The third-order valence-corrected chi connectivity index (χ3v) is 2.62. The maximum absolute atomic E-state index is 11.6. The Balaban J connectivity index is 2.43. The first-order chi connectivity index (χ1) is 7.50. The molecule has 2 amide bonds. The Kier molecular flexibility index (Phi) is 4.61. The number of carboxylic acid groups (broad SMARTS) is 1. The van der Waals surface area contributed by atoms with Gasteiger partial charge in [-0.25, -0.2) is 4.79 Å². The Hall–Kier alpha value is -1.23. The highest BCUT2D eigenvalue weighted by molar-refractivity contribution is 6.29. The van der Waals surface area contributed by atoms with Crippen molar-refractivity contribution in [2.24, 2.45) is 5.92 Å². The number of carbonyl (C=O) groups is 2. The van der Waals surface area contributed by atoms with Crippen LogP contribution in [0.4, 0.5) is 4.79 Å². The number of carbonyl (C=O) groups excluding carboxylic acids is 1. The SMILES string of the molecule is C=C(Cl)CNC(=O)N1CCCC(C(=O)O)C1. The highest BCUT2D eigenvalue weighted by atomic mass is 35.5. The van der Waals surface area contributed by atoms with E-state index in [4.69, 9.17) is 16.7 Å². The standard InChI is InChI=1S/C10H15ClN2O3/c1-7(11)5-12-10(16)13-4-2-3-8(6-13)9(14)15/h8H,1-6H2,(H,12,16)(H,14,15). The molecule has 6 heteroatoms. The van der Waals surface area contributed by atoms with E-state index < -0.39 is 11.9 Å². The molecule has 1 heterocycles. The van der Waals surface area contributed by atoms with Crippen LogP contribution in [0.1, 0.15) is 12.8 Å². The number of halogens is 1. The van der Waals surface area contributed by atoms with E-state index in [0.29, 0.717) is 24.4 Å². The van der Waals surface area contributed by atoms with Gasteiger partial charge in [0.05, 0.1) is 12.5 Å². The molecule has 90 valence electrons. The van der Waals surface area contributed by atoms with E-state index in [1.165, 1.54) is 4.90 Å². The van der Waals surface area contributed by atoms with Crippen LogP contribution in [0.2, 0.25) is 0 Å². The number of nitrogens with zero attached hydrogens (tertiary/aromatic N) is 1. The number of amides is 2. The summed E-state index contributed by atoms with van der Waals surface area (Å²) in [5.41, 5.74) is 0. The number of carboxylic acids is 1. The van der Waals surface area contributed by atoms with Crippen LogP contribution >= 0.6 is 11.6 Å². The van der Waals surface area contributed by atoms with E-state index in [0.717, 1.165) is 0 Å². The van der Waals surface area contributed by atoms with E-state index in [2.05, 4.69) is 11.9 Å². The summed E-state index contributed by atoms with van der Waals surface area (Å²) in [6, 6.07) is -0.284. The van der Waals surface area contributed by atoms with Crippen molar-refractivity contribution < 1.29 is 14.7 Å². The molecule has 1 aliphatic rings. The summed E-state index contributed by atoms with van der Waals surface area (Å²) >= 11 is 5.52. The topological polar surface area (TPSA) is 69.6 Å². The van der Waals surface area contributed by atoms with Crippen molar-refractivity contribution in [1.29, 1.82) is 0 Å². The minimum atomic E-state index is -0.848. The molecule has 1 aliphatic heterocycles. The van der Waals surface area contributed by atoms with Crippen LogP contribution in [0, 0.1) is 5.92 Å². The first-order valence-corrected chi connectivity index (χ1v) is 5.47. The fraction of sp³-hybridized carbons (Fsp3) is 0.600. The molecule has 0 aromatic carbocycles. The van der Waals surface area contributed by atoms with Gasteiger partial charge in [-0.15, -0.1) is 0 Å². The molecule has 1 saturated heterocycles. The fourth-order valence-electron chi connectivity index (χ4n) is 1.65. The second-order valence-corrected chi connectivity index (χ2v) is 4.33. The monoisotopic (exact) mass is 246 g/mol. The van der Waals surface area contributed by atoms with Crippen molar-refractivity contribution in [3.8, 4) is 0 Å². The smallest absolute Gasteiger partial charge is 0.317 e. The summed E-state index contributed by atoms with van der Waals surface area (Å²) in [4.78, 5) is 23.9. The van der Waals surface area contributed by atoms with Gasteiger partial charge in [-0.2, -0.15) is 0 Å². The second-order valence-electron chi connectivity index (χ2n) is 3.80. The third kappa shape index (κ3) is 3.73. The first kappa shape index (κ1) is 12.8. The Morgan fingerprint density at radius 2 is 2.25 bits per heavy atom. The molecule has 0 radical (unpaired) electrons. The summed E-state index contributed by atoms with van der Waals surface area (Å²) in [6.45, 7) is 4.50. The Bertz CT molecular complexity index is 306. The zero-order valence-electron chi connectivity index (χ0n) is 8.91. The number of hydrogen-bond donors (Lipinski definition) is 2. The van der Waals surface area contributed by atoms with Gasteiger partial charge in [0.15, 0.2) is 0 Å². The molecule has 1 atom stereocenters. The molecule has 0 bridgehead atoms. The zero-order chi connectivity index (χ0) is 12.1. The normalized spacial score (nSPS) is 20.3. The fourth-order valence-corrected chi connectivity index (χ4v) is 1.71. The highest BCUT2D eigenvalue weighted by Gasteiger charge is 2.27. The van der Waals surface area contributed by atoms with Gasteiger partial charge in [-0.05, 0) is 12.8 Å². The van der Waals surface area contributed by atoms with Crippen molar-refractivity contribution in [2.45, 2.75) is 12.8 Å². The van der Waals surface area contributed by atoms with Crippen LogP contribution in [0.15, 0.2) is 11.6 Å². The Morgan fingerprint density at radius 1 is 1.56 bits per heavy atom. The molecular formula is C10H15ClN2O3. The molecule has 1 unspecified atom stereocenters. The predicted molar refractivity (Wildman–Crippen MR) is 60.3 cm³/mol. The average molecular weight is 247 g/mol. The van der Waals surface area contributed by atoms with Crippen LogP contribution in [-0.4, -0.2) is 41.6 Å². The van der Waals surface area contributed by atoms with Crippen LogP contribution in [0.5, 0.6) is 0 Å². The summed E-state index contributed by atoms with van der Waals surface area (Å²) in [6.07, 6.45) is 1.34. The molecule has 0 aliphatic carbocycles. The molecule has 16 heavy (non-hydrogen) atoms. The van der Waals surface area contributed by atoms with Crippen molar-refractivity contribution in [1.82, 2.24) is 10.2 Å². The molecule has 0 spiro atoms. The van der Waals surface area contributed by atoms with Gasteiger partial charge < -0.3 is 15.3 Å². The zero-order valence-corrected chi connectivity index (χ0v) is 9.66. The van der Waals surface area contributed by atoms with Crippen molar-refractivity contribution in [3.63, 3.8) is 0 Å². The van der Waals surface area contributed by atoms with Crippen molar-refractivity contribution >= 4 is 23.6 Å². The number of piperidine rings is 1. The Labute approximate surface area is 99.1 Å². The number of aliphatic carboxylic acids is 1. The summed E-state index contributed by atoms with van der Waals surface area (Å²) in [7, 11) is 0. The summed E-state index contributed by atoms with van der Waals surface area (Å²) < 4.78 is 0. The van der Waals surface area contributed by atoms with E-state index in [9.17, 15) is 9.59 Å².